The average Bonchev–Trinajstić information content (AvgIpc) is 2.48. The molecule has 1 aliphatic carbocycles. The van der Waals surface area contributed by atoms with Gasteiger partial charge >= 0.3 is 7.12 Å². The Balaban J connectivity index is 1.89. The lowest BCUT2D eigenvalue weighted by atomic mass is 9.84. The molecular weight excluding hydrogens is 179 g/mol. The number of aromatic nitrogens is 2. The monoisotopic (exact) mass is 192 g/mol. The van der Waals surface area contributed by atoms with Crippen LogP contribution in [-0.4, -0.2) is 28.1 Å². The molecule has 1 aromatic heterocycles. The molecule has 1 aliphatic heterocycles. The van der Waals surface area contributed by atoms with E-state index in [0.717, 1.165) is 12.0 Å². The molecule has 2 atom stereocenters. The number of aryl methyl sites for hydroxylation is 1. The highest BCUT2D eigenvalue weighted by molar-refractivity contribution is 6.61. The maximum atomic E-state index is 5.87. The summed E-state index contributed by atoms with van der Waals surface area (Å²) in [5.41, 5.74) is 0.823. The Morgan fingerprint density at radius 3 is 2.57 bits per heavy atom. The summed E-state index contributed by atoms with van der Waals surface area (Å²) in [6.07, 6.45) is 2.75. The highest BCUT2D eigenvalue weighted by atomic mass is 16.7. The Labute approximate surface area is 83.3 Å². The van der Waals surface area contributed by atoms with Crippen molar-refractivity contribution < 1.29 is 9.31 Å². The first kappa shape index (κ1) is 8.50. The van der Waals surface area contributed by atoms with Gasteiger partial charge in [-0.3, -0.25) is 4.68 Å². The van der Waals surface area contributed by atoms with Gasteiger partial charge in [0, 0.05) is 19.7 Å². The molecule has 0 N–H and O–H groups in total. The van der Waals surface area contributed by atoms with Crippen LogP contribution in [0.25, 0.3) is 0 Å². The van der Waals surface area contributed by atoms with Crippen molar-refractivity contribution in [2.24, 2.45) is 7.05 Å². The molecule has 0 spiro atoms. The van der Waals surface area contributed by atoms with Gasteiger partial charge < -0.3 is 9.31 Å². The van der Waals surface area contributed by atoms with Crippen molar-refractivity contribution in [3.05, 3.63) is 12.3 Å². The van der Waals surface area contributed by atoms with Gasteiger partial charge in [0.1, 0.15) is 0 Å². The van der Waals surface area contributed by atoms with E-state index in [2.05, 4.69) is 18.9 Å². The van der Waals surface area contributed by atoms with Crippen molar-refractivity contribution in [3.63, 3.8) is 0 Å². The van der Waals surface area contributed by atoms with Crippen LogP contribution in [-0.2, 0) is 16.4 Å². The van der Waals surface area contributed by atoms with E-state index in [9.17, 15) is 0 Å². The SMILES string of the molecule is Cn1nccc1B1O[C@@]2(C)C[C@]2(C)O1. The third-order valence-corrected chi connectivity index (χ3v) is 3.50. The van der Waals surface area contributed by atoms with E-state index < -0.39 is 0 Å². The predicted octanol–water partition coefficient (Wildman–Crippen LogP) is 0.0832. The van der Waals surface area contributed by atoms with Crippen LogP contribution in [0.1, 0.15) is 20.3 Å². The second kappa shape index (κ2) is 2.23. The molecule has 1 saturated carbocycles. The van der Waals surface area contributed by atoms with Crippen molar-refractivity contribution >= 4 is 12.7 Å². The molecule has 1 saturated heterocycles. The minimum absolute atomic E-state index is 0.0814. The minimum Gasteiger partial charge on any atom is -0.398 e. The highest BCUT2D eigenvalue weighted by Crippen LogP contribution is 2.57. The minimum atomic E-state index is -0.244. The Bertz CT molecular complexity index is 378. The first-order chi connectivity index (χ1) is 6.54. The molecule has 0 amide bonds. The standard InChI is InChI=1S/C9H13BN2O2/c1-8-6-9(8,2)14-10(13-8)7-4-5-11-12(7)3/h4-5H,6H2,1-3H3/t8-,9-/m0/s1. The van der Waals surface area contributed by atoms with Crippen LogP contribution in [0, 0.1) is 0 Å². The van der Waals surface area contributed by atoms with Crippen molar-refractivity contribution in [1.29, 1.82) is 0 Å². The van der Waals surface area contributed by atoms with E-state index in [0.29, 0.717) is 0 Å². The number of fused-ring (bicyclic) bond motifs is 1. The number of rotatable bonds is 1. The van der Waals surface area contributed by atoms with E-state index in [1.54, 1.807) is 10.9 Å². The van der Waals surface area contributed by atoms with Crippen LogP contribution in [0.2, 0.25) is 0 Å². The molecule has 1 aromatic rings. The molecular formula is C9H13BN2O2. The van der Waals surface area contributed by atoms with E-state index in [1.165, 1.54) is 0 Å². The fourth-order valence-corrected chi connectivity index (χ4v) is 2.16. The zero-order valence-electron chi connectivity index (χ0n) is 8.65. The van der Waals surface area contributed by atoms with Crippen molar-refractivity contribution in [1.82, 2.24) is 9.78 Å². The lowest BCUT2D eigenvalue weighted by Crippen LogP contribution is -2.40. The van der Waals surface area contributed by atoms with Gasteiger partial charge in [-0.05, 0) is 19.9 Å². The summed E-state index contributed by atoms with van der Waals surface area (Å²) in [4.78, 5) is 0. The third kappa shape index (κ3) is 0.888. The summed E-state index contributed by atoms with van der Waals surface area (Å²) in [6.45, 7) is 4.20. The Morgan fingerprint density at radius 2 is 2.07 bits per heavy atom. The van der Waals surface area contributed by atoms with Gasteiger partial charge in [0.25, 0.3) is 0 Å². The first-order valence-electron chi connectivity index (χ1n) is 4.88. The van der Waals surface area contributed by atoms with E-state index in [1.807, 2.05) is 13.1 Å². The molecule has 2 fully saturated rings. The number of hydrogen-bond acceptors (Lipinski definition) is 3. The van der Waals surface area contributed by atoms with Gasteiger partial charge in [0.2, 0.25) is 0 Å². The van der Waals surface area contributed by atoms with Crippen LogP contribution < -0.4 is 5.59 Å². The summed E-state index contributed by atoms with van der Waals surface area (Å²) < 4.78 is 13.5. The van der Waals surface area contributed by atoms with Gasteiger partial charge in [0.15, 0.2) is 0 Å². The second-order valence-electron chi connectivity index (χ2n) is 4.59. The van der Waals surface area contributed by atoms with Gasteiger partial charge in [-0.2, -0.15) is 5.10 Å². The zero-order chi connectivity index (χ0) is 9.97. The maximum absolute atomic E-state index is 5.87. The molecule has 2 heterocycles. The molecule has 0 radical (unpaired) electrons. The predicted molar refractivity (Wildman–Crippen MR) is 52.2 cm³/mol. The fourth-order valence-electron chi connectivity index (χ4n) is 2.16. The largest absolute Gasteiger partial charge is 0.514 e. The topological polar surface area (TPSA) is 36.3 Å². The Morgan fingerprint density at radius 1 is 1.43 bits per heavy atom. The Hall–Kier alpha value is -0.805. The molecule has 0 unspecified atom stereocenters. The van der Waals surface area contributed by atoms with Crippen LogP contribution in [0.5, 0.6) is 0 Å². The molecule has 14 heavy (non-hydrogen) atoms. The summed E-state index contributed by atoms with van der Waals surface area (Å²) in [5.74, 6) is 0. The van der Waals surface area contributed by atoms with Gasteiger partial charge in [-0.1, -0.05) is 0 Å². The third-order valence-electron chi connectivity index (χ3n) is 3.50. The number of nitrogens with zero attached hydrogens (tertiary/aromatic N) is 2. The normalized spacial score (nSPS) is 40.1. The maximum Gasteiger partial charge on any atom is 0.514 e. The molecule has 5 heteroatoms. The van der Waals surface area contributed by atoms with Crippen molar-refractivity contribution in [2.45, 2.75) is 31.5 Å². The van der Waals surface area contributed by atoms with Crippen LogP contribution >= 0.6 is 0 Å². The lowest BCUT2D eigenvalue weighted by molar-refractivity contribution is 0.187. The molecule has 0 bridgehead atoms. The molecule has 3 rings (SSSR count). The summed E-state index contributed by atoms with van der Waals surface area (Å²) in [5, 5.41) is 4.10. The highest BCUT2D eigenvalue weighted by Gasteiger charge is 2.71. The second-order valence-corrected chi connectivity index (χ2v) is 4.59. The fraction of sp³-hybridized carbons (Fsp3) is 0.667. The molecule has 0 aromatic carbocycles. The Kier molecular flexibility index (Phi) is 1.35. The van der Waals surface area contributed by atoms with Gasteiger partial charge in [-0.25, -0.2) is 0 Å². The summed E-state index contributed by atoms with van der Waals surface area (Å²) in [6, 6.07) is 1.93. The van der Waals surface area contributed by atoms with E-state index in [-0.39, 0.29) is 18.3 Å². The van der Waals surface area contributed by atoms with Crippen LogP contribution in [0.4, 0.5) is 0 Å². The summed E-state index contributed by atoms with van der Waals surface area (Å²) in [7, 11) is 1.66. The smallest absolute Gasteiger partial charge is 0.398 e. The van der Waals surface area contributed by atoms with Crippen molar-refractivity contribution in [2.75, 3.05) is 0 Å². The van der Waals surface area contributed by atoms with Crippen LogP contribution in [0.3, 0.4) is 0 Å². The van der Waals surface area contributed by atoms with Crippen molar-refractivity contribution in [3.8, 4) is 0 Å². The number of hydrogen-bond donors (Lipinski definition) is 0. The molecule has 74 valence electrons. The van der Waals surface area contributed by atoms with E-state index in [4.69, 9.17) is 9.31 Å². The lowest BCUT2D eigenvalue weighted by Gasteiger charge is -2.10. The van der Waals surface area contributed by atoms with Gasteiger partial charge in [-0.15, -0.1) is 0 Å². The first-order valence-corrected chi connectivity index (χ1v) is 4.88. The van der Waals surface area contributed by atoms with E-state index >= 15 is 0 Å². The quantitative estimate of drug-likeness (QED) is 0.591. The molecule has 2 aliphatic rings. The summed E-state index contributed by atoms with van der Waals surface area (Å²) >= 11 is 0. The average molecular weight is 192 g/mol. The molecule has 4 nitrogen and oxygen atoms in total. The zero-order valence-corrected chi connectivity index (χ0v) is 8.65. The van der Waals surface area contributed by atoms with Crippen LogP contribution in [0.15, 0.2) is 12.3 Å². The van der Waals surface area contributed by atoms with Gasteiger partial charge in [0.05, 0.1) is 16.8 Å².